The number of para-hydroxylation sites is 1. The van der Waals surface area contributed by atoms with Crippen LogP contribution in [0.1, 0.15) is 88.8 Å². The van der Waals surface area contributed by atoms with Gasteiger partial charge in [0.15, 0.2) is 0 Å². The van der Waals surface area contributed by atoms with Crippen molar-refractivity contribution in [1.82, 2.24) is 30.0 Å². The molecule has 17 nitrogen and oxygen atoms in total. The predicted molar refractivity (Wildman–Crippen MR) is 261 cm³/mol. The topological polar surface area (TPSA) is 211 Å². The number of rotatable bonds is 18. The summed E-state index contributed by atoms with van der Waals surface area (Å²) >= 11 is 0. The number of carbonyl (C=O) groups excluding carboxylic acids is 3. The van der Waals surface area contributed by atoms with E-state index in [0.29, 0.717) is 45.5 Å². The lowest BCUT2D eigenvalue weighted by molar-refractivity contribution is -0.183. The Hall–Kier alpha value is -4.82. The summed E-state index contributed by atoms with van der Waals surface area (Å²) in [6.45, 7) is 13.2. The first-order chi connectivity index (χ1) is 31.8. The summed E-state index contributed by atoms with van der Waals surface area (Å²) in [5.41, 5.74) is 2.70. The molecular weight excluding hydrogens is 891 g/mol. The van der Waals surface area contributed by atoms with Crippen molar-refractivity contribution < 1.29 is 47.3 Å². The van der Waals surface area contributed by atoms with Crippen molar-refractivity contribution in [3.8, 4) is 16.9 Å². The number of benzene rings is 3. The number of hydrogen-bond acceptors (Lipinski definition) is 13. The molecular formula is C50H73N7O10S. The van der Waals surface area contributed by atoms with E-state index in [0.717, 1.165) is 12.8 Å². The Kier molecular flexibility index (Phi) is 16.3. The molecule has 3 saturated carbocycles. The molecule has 0 aromatic heterocycles. The van der Waals surface area contributed by atoms with E-state index < -0.39 is 70.7 Å². The molecule has 1 saturated heterocycles. The number of hydrogen-bond donors (Lipinski definition) is 6. The highest BCUT2D eigenvalue weighted by molar-refractivity contribution is 7.88. The zero-order valence-corrected chi connectivity index (χ0v) is 42.4. The van der Waals surface area contributed by atoms with Crippen LogP contribution in [-0.2, 0) is 31.1 Å². The summed E-state index contributed by atoms with van der Waals surface area (Å²) < 4.78 is 42.9. The average Bonchev–Trinajstić information content (AvgIpc) is 3.63. The first kappa shape index (κ1) is 52.5. The summed E-state index contributed by atoms with van der Waals surface area (Å²) in [5, 5.41) is 29.5. The number of ether oxygens (including phenoxy) is 2. The molecule has 2 bridgehead atoms. The Morgan fingerprint density at radius 3 is 2.26 bits per heavy atom. The molecule has 4 aliphatic rings. The number of carbonyl (C=O) groups is 3. The fourth-order valence-electron chi connectivity index (χ4n) is 10.5. The maximum absolute atomic E-state index is 14.6. The van der Waals surface area contributed by atoms with Crippen LogP contribution in [0.4, 0.5) is 10.5 Å². The largest absolute Gasteiger partial charge is 0.496 e. The zero-order valence-electron chi connectivity index (χ0n) is 41.6. The van der Waals surface area contributed by atoms with Crippen molar-refractivity contribution in [1.29, 1.82) is 0 Å². The molecule has 68 heavy (non-hydrogen) atoms. The van der Waals surface area contributed by atoms with Crippen molar-refractivity contribution in [3.63, 3.8) is 0 Å². The summed E-state index contributed by atoms with van der Waals surface area (Å²) in [6, 6.07) is 16.9. The predicted octanol–water partition coefficient (Wildman–Crippen LogP) is 4.85. The van der Waals surface area contributed by atoms with Gasteiger partial charge in [-0.2, -0.15) is 18.2 Å². The van der Waals surface area contributed by atoms with Gasteiger partial charge in [-0.1, -0.05) is 69.3 Å². The molecule has 3 aliphatic carbocycles. The van der Waals surface area contributed by atoms with E-state index in [2.05, 4.69) is 36.1 Å². The minimum absolute atomic E-state index is 0.0231. The molecule has 0 radical (unpaired) electrons. The molecule has 1 heterocycles. The van der Waals surface area contributed by atoms with E-state index in [1.807, 2.05) is 52.9 Å². The third-order valence-electron chi connectivity index (χ3n) is 14.0. The fourth-order valence-corrected chi connectivity index (χ4v) is 11.5. The van der Waals surface area contributed by atoms with Crippen molar-refractivity contribution in [2.45, 2.75) is 110 Å². The highest BCUT2D eigenvalue weighted by Crippen LogP contribution is 2.61. The van der Waals surface area contributed by atoms with Crippen LogP contribution in [0.2, 0.25) is 0 Å². The third-order valence-corrected chi connectivity index (χ3v) is 15.0. The second kappa shape index (κ2) is 21.0. The molecule has 7 rings (SSSR count). The molecule has 0 unspecified atom stereocenters. The van der Waals surface area contributed by atoms with Crippen LogP contribution in [0.15, 0.2) is 66.7 Å². The van der Waals surface area contributed by atoms with Gasteiger partial charge in [0.25, 0.3) is 5.91 Å². The van der Waals surface area contributed by atoms with E-state index in [-0.39, 0.29) is 41.9 Å². The molecule has 4 fully saturated rings. The van der Waals surface area contributed by atoms with Crippen molar-refractivity contribution >= 4 is 33.8 Å². The molecule has 3 aromatic carbocycles. The maximum atomic E-state index is 14.6. The molecule has 3 aromatic rings. The second-order valence-corrected chi connectivity index (χ2v) is 22.3. The minimum Gasteiger partial charge on any atom is -0.496 e. The minimum atomic E-state index is -4.52. The summed E-state index contributed by atoms with van der Waals surface area (Å²) in [4.78, 5) is 51.6. The van der Waals surface area contributed by atoms with Gasteiger partial charge < -0.3 is 40.1 Å². The zero-order chi connectivity index (χ0) is 50.0. The highest BCUT2D eigenvalue weighted by Gasteiger charge is 2.57. The number of nitrogens with zero attached hydrogens (tertiary/aromatic N) is 3. The van der Waals surface area contributed by atoms with Crippen LogP contribution in [0, 0.1) is 29.1 Å². The molecule has 18 heteroatoms. The lowest BCUT2D eigenvalue weighted by atomic mass is 9.45. The Bertz CT molecular complexity index is 2370. The number of hydroxylamine groups is 2. The van der Waals surface area contributed by atoms with Gasteiger partial charge >= 0.3 is 16.3 Å². The first-order valence-electron chi connectivity index (χ1n) is 23.4. The second-order valence-electron chi connectivity index (χ2n) is 20.9. The normalized spacial score (nSPS) is 24.8. The Labute approximate surface area is 402 Å². The highest BCUT2D eigenvalue weighted by atomic mass is 32.2. The molecule has 374 valence electrons. The number of aliphatic hydroxyl groups excluding tert-OH is 2. The number of methoxy groups -OCH3 is 1. The molecule has 3 amide bonds. The van der Waals surface area contributed by atoms with Crippen LogP contribution in [0.25, 0.3) is 11.1 Å². The van der Waals surface area contributed by atoms with Crippen LogP contribution in [0.3, 0.4) is 0 Å². The van der Waals surface area contributed by atoms with Gasteiger partial charge in [0.2, 0.25) is 5.91 Å². The quantitative estimate of drug-likeness (QED) is 0.101. The van der Waals surface area contributed by atoms with E-state index in [9.17, 15) is 33.0 Å². The van der Waals surface area contributed by atoms with Crippen LogP contribution < -0.4 is 29.7 Å². The van der Waals surface area contributed by atoms with Crippen LogP contribution in [0.5, 0.6) is 5.75 Å². The standard InChI is InChI=1S/C50H73N7O10S/c1-29-38-24-35(50(38,6)7)25-39(29)51-47(61)44-42(30(2)59)41(28-58)67-57(44)26-32-19-16-20-37(45(32)65-12)33-21-34(23-36(22-33)56(10)11)46(60)52-40(27-55(8)9)43(31-17-14-13-15-18-31)53-68(63,64)54-48(62)66-49(3,4)5/h13-23,29-30,35,38-44,53,58-59H,24-28H2,1-12H3,(H,51,61)(H,52,60)(H,54,62)/t29-,30-,35+,38+,39-,40+,41-,42-,43-,44-/m0/s1. The van der Waals surface area contributed by atoms with E-state index in [1.54, 1.807) is 96.4 Å². The SMILES string of the molecule is COc1c(CN2O[C@@H](CO)[C@H]([C@H](C)O)[C@H]2C(=O)N[C@H]2C[C@H]3C[C@H]([C@@H]2C)C3(C)C)cccc1-c1cc(C(=O)N[C@H](CN(C)C)[C@@H](NS(=O)(=O)NC(=O)OC(C)(C)C)c2ccccc2)cc(N(C)C)c1. The molecule has 6 N–H and O–H groups in total. The number of aliphatic hydroxyl groups is 2. The summed E-state index contributed by atoms with van der Waals surface area (Å²) in [7, 11) is 4.33. The number of fused-ring (bicyclic) bond motifs is 2. The molecule has 10 atom stereocenters. The monoisotopic (exact) mass is 964 g/mol. The van der Waals surface area contributed by atoms with Gasteiger partial charge in [-0.15, -0.1) is 0 Å². The summed E-state index contributed by atoms with van der Waals surface area (Å²) in [6.07, 6.45) is -0.911. The Morgan fingerprint density at radius 1 is 1.00 bits per heavy atom. The molecule has 0 spiro atoms. The fraction of sp³-hybridized carbons (Fsp3) is 0.580. The van der Waals surface area contributed by atoms with Crippen molar-refractivity contribution in [3.05, 3.63) is 83.4 Å². The van der Waals surface area contributed by atoms with Gasteiger partial charge in [-0.25, -0.2) is 9.52 Å². The first-order valence-corrected chi connectivity index (χ1v) is 24.9. The van der Waals surface area contributed by atoms with Crippen molar-refractivity contribution in [2.24, 2.45) is 29.1 Å². The Morgan fingerprint density at radius 2 is 1.69 bits per heavy atom. The summed E-state index contributed by atoms with van der Waals surface area (Å²) in [5.74, 6) is 0.291. The van der Waals surface area contributed by atoms with Crippen molar-refractivity contribution in [2.75, 3.05) is 53.4 Å². The van der Waals surface area contributed by atoms with Gasteiger partial charge in [0, 0.05) is 55.0 Å². The number of amides is 3. The van der Waals surface area contributed by atoms with Gasteiger partial charge in [-0.05, 0) is 107 Å². The average molecular weight is 964 g/mol. The third kappa shape index (κ3) is 11.9. The Balaban J connectivity index is 1.31. The molecule has 1 aliphatic heterocycles. The van der Waals surface area contributed by atoms with E-state index >= 15 is 0 Å². The van der Waals surface area contributed by atoms with E-state index in [1.165, 1.54) is 0 Å². The maximum Gasteiger partial charge on any atom is 0.422 e. The van der Waals surface area contributed by atoms with Gasteiger partial charge in [-0.3, -0.25) is 14.4 Å². The number of likely N-dealkylation sites (N-methyl/N-ethyl adjacent to an activating group) is 1. The smallest absolute Gasteiger partial charge is 0.422 e. The van der Waals surface area contributed by atoms with Crippen LogP contribution >= 0.6 is 0 Å². The van der Waals surface area contributed by atoms with Gasteiger partial charge in [0.1, 0.15) is 23.5 Å². The van der Waals surface area contributed by atoms with Gasteiger partial charge in [0.05, 0.1) is 38.4 Å². The number of anilines is 1. The number of nitrogens with one attached hydrogen (secondary N) is 4. The van der Waals surface area contributed by atoms with Crippen LogP contribution in [-0.4, -0.2) is 131 Å². The van der Waals surface area contributed by atoms with E-state index in [4.69, 9.17) is 14.3 Å². The lowest BCUT2D eigenvalue weighted by Gasteiger charge is -2.62. The lowest BCUT2D eigenvalue weighted by Crippen LogP contribution is -2.62.